The molecule has 0 aromatic carbocycles. The third-order valence-corrected chi connectivity index (χ3v) is 2.83. The van der Waals surface area contributed by atoms with Gasteiger partial charge in [-0.3, -0.25) is 4.98 Å². The van der Waals surface area contributed by atoms with Crippen molar-refractivity contribution in [3.8, 4) is 0 Å². The van der Waals surface area contributed by atoms with E-state index in [1.54, 1.807) is 23.1 Å². The van der Waals surface area contributed by atoms with Gasteiger partial charge in [0.25, 0.3) is 0 Å². The first-order valence-corrected chi connectivity index (χ1v) is 6.94. The quantitative estimate of drug-likeness (QED) is 0.739. The first-order valence-electron chi connectivity index (χ1n) is 4.92. The van der Waals surface area contributed by atoms with Gasteiger partial charge >= 0.3 is 16.3 Å². The molecule has 0 aliphatic rings. The lowest BCUT2D eigenvalue weighted by Gasteiger charge is -2.08. The summed E-state index contributed by atoms with van der Waals surface area (Å²) < 4.78 is 31.1. The van der Waals surface area contributed by atoms with E-state index in [1.165, 1.54) is 6.20 Å². The summed E-state index contributed by atoms with van der Waals surface area (Å²) in [5.74, 6) is 0.0938. The van der Waals surface area contributed by atoms with Gasteiger partial charge in [0.05, 0.1) is 5.88 Å². The van der Waals surface area contributed by atoms with E-state index in [9.17, 15) is 13.2 Å². The second-order valence-electron chi connectivity index (χ2n) is 3.11. The van der Waals surface area contributed by atoms with Gasteiger partial charge in [-0.05, 0) is 11.6 Å². The summed E-state index contributed by atoms with van der Waals surface area (Å²) in [7, 11) is -3.95. The van der Waals surface area contributed by atoms with E-state index < -0.39 is 16.3 Å². The van der Waals surface area contributed by atoms with Gasteiger partial charge in [0.2, 0.25) is 0 Å². The van der Waals surface area contributed by atoms with Crippen LogP contribution in [0.4, 0.5) is 4.79 Å². The van der Waals surface area contributed by atoms with Crippen molar-refractivity contribution in [3.63, 3.8) is 0 Å². The minimum Gasteiger partial charge on any atom is -0.448 e. The minimum absolute atomic E-state index is 0.0198. The van der Waals surface area contributed by atoms with Crippen molar-refractivity contribution in [1.82, 2.24) is 14.4 Å². The maximum absolute atomic E-state index is 11.4. The molecule has 1 amide bonds. The number of pyridine rings is 1. The number of alkyl halides is 1. The van der Waals surface area contributed by atoms with Crippen molar-refractivity contribution < 1.29 is 17.9 Å². The van der Waals surface area contributed by atoms with E-state index in [0.717, 1.165) is 0 Å². The molecule has 7 nitrogen and oxygen atoms in total. The zero-order valence-corrected chi connectivity index (χ0v) is 10.9. The Bertz CT molecular complexity index is 480. The van der Waals surface area contributed by atoms with E-state index in [4.69, 9.17) is 11.6 Å². The third-order valence-electron chi connectivity index (χ3n) is 1.72. The summed E-state index contributed by atoms with van der Waals surface area (Å²) in [4.78, 5) is 14.8. The highest BCUT2D eigenvalue weighted by Gasteiger charge is 2.14. The Balaban J connectivity index is 2.43. The molecule has 0 saturated heterocycles. The number of nitrogens with zero attached hydrogens (tertiary/aromatic N) is 1. The number of hydrogen-bond acceptors (Lipinski definition) is 5. The van der Waals surface area contributed by atoms with Gasteiger partial charge in [0.15, 0.2) is 0 Å². The maximum Gasteiger partial charge on any atom is 0.421 e. The smallest absolute Gasteiger partial charge is 0.421 e. The lowest BCUT2D eigenvalue weighted by atomic mass is 10.3. The number of carbonyl (C=O) groups is 1. The van der Waals surface area contributed by atoms with Crippen molar-refractivity contribution in [1.29, 1.82) is 0 Å². The number of ether oxygens (including phenoxy) is 1. The Morgan fingerprint density at radius 3 is 2.89 bits per heavy atom. The van der Waals surface area contributed by atoms with Crippen LogP contribution in [0.25, 0.3) is 0 Å². The molecule has 0 atom stereocenters. The molecule has 9 heteroatoms. The summed E-state index contributed by atoms with van der Waals surface area (Å²) in [6, 6.07) is 3.37. The molecule has 100 valence electrons. The van der Waals surface area contributed by atoms with Gasteiger partial charge in [0.1, 0.15) is 6.61 Å². The van der Waals surface area contributed by atoms with Crippen molar-refractivity contribution in [2.24, 2.45) is 0 Å². The molecule has 1 heterocycles. The average molecular weight is 294 g/mol. The van der Waals surface area contributed by atoms with Crippen molar-refractivity contribution in [3.05, 3.63) is 30.1 Å². The summed E-state index contributed by atoms with van der Waals surface area (Å²) >= 11 is 5.28. The molecule has 0 spiro atoms. The molecule has 0 aliphatic carbocycles. The first kappa shape index (κ1) is 14.7. The van der Waals surface area contributed by atoms with Crippen molar-refractivity contribution in [2.75, 3.05) is 12.5 Å². The van der Waals surface area contributed by atoms with Crippen LogP contribution in [0.3, 0.4) is 0 Å². The summed E-state index contributed by atoms with van der Waals surface area (Å²) in [5, 5.41) is 0. The average Bonchev–Trinajstić information content (AvgIpc) is 2.35. The predicted molar refractivity (Wildman–Crippen MR) is 65.2 cm³/mol. The van der Waals surface area contributed by atoms with Crippen LogP contribution >= 0.6 is 11.6 Å². The number of aromatic nitrogens is 1. The van der Waals surface area contributed by atoms with Crippen LogP contribution in [0, 0.1) is 0 Å². The SMILES string of the molecule is O=C(NS(=O)(=O)NCc1cccnc1)OCCCl. The molecule has 0 bridgehead atoms. The normalized spacial score (nSPS) is 10.9. The van der Waals surface area contributed by atoms with Gasteiger partial charge < -0.3 is 4.74 Å². The van der Waals surface area contributed by atoms with Gasteiger partial charge in [-0.15, -0.1) is 11.6 Å². The zero-order chi connectivity index (χ0) is 13.4. The number of carbonyl (C=O) groups excluding carboxylic acids is 1. The van der Waals surface area contributed by atoms with E-state index in [-0.39, 0.29) is 19.0 Å². The van der Waals surface area contributed by atoms with E-state index in [1.807, 2.05) is 0 Å². The molecule has 0 saturated carbocycles. The lowest BCUT2D eigenvalue weighted by molar-refractivity contribution is 0.159. The van der Waals surface area contributed by atoms with Crippen LogP contribution in [0.5, 0.6) is 0 Å². The molecule has 1 aromatic heterocycles. The number of hydrogen-bond donors (Lipinski definition) is 2. The monoisotopic (exact) mass is 293 g/mol. The van der Waals surface area contributed by atoms with Crippen LogP contribution in [-0.2, 0) is 21.5 Å². The third kappa shape index (κ3) is 5.80. The Morgan fingerprint density at radius 2 is 2.28 bits per heavy atom. The first-order chi connectivity index (χ1) is 8.53. The van der Waals surface area contributed by atoms with Crippen LogP contribution in [0.2, 0.25) is 0 Å². The highest BCUT2D eigenvalue weighted by molar-refractivity contribution is 7.88. The molecule has 18 heavy (non-hydrogen) atoms. The van der Waals surface area contributed by atoms with Gasteiger partial charge in [0, 0.05) is 18.9 Å². The van der Waals surface area contributed by atoms with E-state index in [0.29, 0.717) is 5.56 Å². The summed E-state index contributed by atoms with van der Waals surface area (Å²) in [5.41, 5.74) is 0.664. The van der Waals surface area contributed by atoms with Crippen molar-refractivity contribution in [2.45, 2.75) is 6.54 Å². The number of amides is 1. The molecule has 0 radical (unpaired) electrons. The highest BCUT2D eigenvalue weighted by atomic mass is 35.5. The molecule has 1 rings (SSSR count). The van der Waals surface area contributed by atoms with E-state index >= 15 is 0 Å². The lowest BCUT2D eigenvalue weighted by Crippen LogP contribution is -2.40. The topological polar surface area (TPSA) is 97.4 Å². The van der Waals surface area contributed by atoms with Crippen molar-refractivity contribution >= 4 is 27.9 Å². The minimum atomic E-state index is -3.95. The maximum atomic E-state index is 11.4. The second-order valence-corrected chi connectivity index (χ2v) is 4.99. The Kier molecular flexibility index (Phi) is 5.83. The fourth-order valence-corrected chi connectivity index (χ4v) is 1.77. The molecule has 1 aromatic rings. The number of nitrogens with one attached hydrogen (secondary N) is 2. The fraction of sp³-hybridized carbons (Fsp3) is 0.333. The molecule has 0 fully saturated rings. The Labute approximate surface area is 110 Å². The molecular weight excluding hydrogens is 282 g/mol. The van der Waals surface area contributed by atoms with Crippen LogP contribution in [-0.4, -0.2) is 32.0 Å². The summed E-state index contributed by atoms with van der Waals surface area (Å²) in [6.07, 6.45) is 2.00. The van der Waals surface area contributed by atoms with Crippen LogP contribution in [0.15, 0.2) is 24.5 Å². The summed E-state index contributed by atoms with van der Waals surface area (Å²) in [6.45, 7) is -0.0442. The number of halogens is 1. The Morgan fingerprint density at radius 1 is 1.50 bits per heavy atom. The fourth-order valence-electron chi connectivity index (χ4n) is 0.988. The highest BCUT2D eigenvalue weighted by Crippen LogP contribution is 1.95. The largest absolute Gasteiger partial charge is 0.448 e. The van der Waals surface area contributed by atoms with E-state index in [2.05, 4.69) is 14.4 Å². The van der Waals surface area contributed by atoms with Crippen LogP contribution < -0.4 is 9.44 Å². The molecular formula is C9H12ClN3O4S. The van der Waals surface area contributed by atoms with Gasteiger partial charge in [-0.2, -0.15) is 13.1 Å². The standard InChI is InChI=1S/C9H12ClN3O4S/c10-3-5-17-9(14)13-18(15,16)12-7-8-2-1-4-11-6-8/h1-2,4,6,12H,3,5,7H2,(H,13,14). The van der Waals surface area contributed by atoms with Gasteiger partial charge in [-0.25, -0.2) is 9.52 Å². The zero-order valence-electron chi connectivity index (χ0n) is 9.30. The molecule has 2 N–H and O–H groups in total. The number of rotatable bonds is 6. The Hall–Kier alpha value is -1.38. The van der Waals surface area contributed by atoms with Gasteiger partial charge in [-0.1, -0.05) is 6.07 Å². The molecule has 0 aliphatic heterocycles. The van der Waals surface area contributed by atoms with Crippen LogP contribution in [0.1, 0.15) is 5.56 Å². The second kappa shape index (κ2) is 7.14. The predicted octanol–water partition coefficient (Wildman–Crippen LogP) is 0.381. The molecule has 0 unspecified atom stereocenters.